The molecule has 18 valence electrons. The third-order valence-electron chi connectivity index (χ3n) is 0. The second-order valence-corrected chi connectivity index (χ2v) is 0. The molecule has 0 fully saturated rings. The summed E-state index contributed by atoms with van der Waals surface area (Å²) in [7, 11) is 0. The first-order valence-corrected chi connectivity index (χ1v) is 1.50. The van der Waals surface area contributed by atoms with Gasteiger partial charge in [-0.15, -0.1) is 0 Å². The van der Waals surface area contributed by atoms with Crippen molar-refractivity contribution in [1.82, 2.24) is 0 Å². The Morgan fingerprint density at radius 3 is 1.25 bits per heavy atom. The van der Waals surface area contributed by atoms with Gasteiger partial charge in [-0.3, -0.25) is 0 Å². The van der Waals surface area contributed by atoms with E-state index >= 15 is 0 Å². The van der Waals surface area contributed by atoms with Crippen LogP contribution in [0.5, 0.6) is 0 Å². The van der Waals surface area contributed by atoms with E-state index in [0.717, 1.165) is 0 Å². The summed E-state index contributed by atoms with van der Waals surface area (Å²) in [5, 5.41) is 0. The molecule has 0 aliphatic rings. The molecule has 4 heavy (non-hydrogen) atoms. The van der Waals surface area contributed by atoms with Crippen LogP contribution in [0.1, 0.15) is 0 Å². The van der Waals surface area contributed by atoms with E-state index in [4.69, 9.17) is 3.54 Å². The topological polar surface area (TPSA) is 17.1 Å². The van der Waals surface area contributed by atoms with Crippen molar-refractivity contribution in [2.75, 3.05) is 0 Å². The van der Waals surface area contributed by atoms with Crippen LogP contribution in [0.3, 0.4) is 0 Å². The van der Waals surface area contributed by atoms with Crippen LogP contribution in [-0.4, -0.2) is 35.9 Å². The second kappa shape index (κ2) is 23.4. The monoisotopic (exact) mass is 180 g/mol. The van der Waals surface area contributed by atoms with Gasteiger partial charge in [0.1, 0.15) is 0 Å². The molecule has 0 saturated heterocycles. The van der Waals surface area contributed by atoms with Gasteiger partial charge in [0, 0.05) is 19.5 Å². The number of hydrogen-bond acceptors (Lipinski definition) is 1. The average molecular weight is 182 g/mol. The Kier molecular flexibility index (Phi) is 103. The maximum atomic E-state index is 8.38. The minimum absolute atomic E-state index is 0. The largest absolute Gasteiger partial charge is 0 e. The normalized spacial score (nSPS) is 0.750. The predicted molar refractivity (Wildman–Crippen MR) is 17.8 cm³/mol. The molecule has 0 aromatic heterocycles. The van der Waals surface area contributed by atoms with E-state index in [-0.39, 0.29) is 55.4 Å². The van der Waals surface area contributed by atoms with Crippen LogP contribution in [0.25, 0.3) is 0 Å². The van der Waals surface area contributed by atoms with Crippen LogP contribution in [-0.2, 0) is 23.0 Å². The molecule has 0 N–H and O–H groups in total. The van der Waals surface area contributed by atoms with Crippen molar-refractivity contribution in [2.45, 2.75) is 0 Å². The summed E-state index contributed by atoms with van der Waals surface area (Å²) >= 11 is 0.125. The smallest absolute Gasteiger partial charge is 0 e. The second-order valence-electron chi connectivity index (χ2n) is 0. The molecule has 0 aliphatic carbocycles. The number of hydrogen-bond donors (Lipinski definition) is 0. The van der Waals surface area contributed by atoms with Crippen molar-refractivity contribution in [3.8, 4) is 0 Å². The van der Waals surface area contributed by atoms with Gasteiger partial charge in [-0.05, 0) is 0 Å². The Labute approximate surface area is 58.6 Å². The molecule has 0 heterocycles. The summed E-state index contributed by atoms with van der Waals surface area (Å²) in [4.78, 5) is 0. The third kappa shape index (κ3) is 9.52. The molecule has 0 amide bonds. The van der Waals surface area contributed by atoms with Gasteiger partial charge in [-0.2, -0.15) is 0 Å². The molecule has 1 nitrogen and oxygen atoms in total. The van der Waals surface area contributed by atoms with Crippen LogP contribution in [0, 0.1) is 0 Å². The Hall–Kier alpha value is 1.59. The summed E-state index contributed by atoms with van der Waals surface area (Å²) in [5.41, 5.74) is 0. The molecule has 0 bridgehead atoms. The van der Waals surface area contributed by atoms with E-state index in [9.17, 15) is 0 Å². The Bertz CT molecular complexity index is 8.00. The van der Waals surface area contributed by atoms with E-state index in [1.807, 2.05) is 0 Å². The van der Waals surface area contributed by atoms with Gasteiger partial charge in [0.25, 0.3) is 0 Å². The predicted octanol–water partition coefficient (Wildman–Crippen LogP) is -1.95. The van der Waals surface area contributed by atoms with E-state index in [0.29, 0.717) is 0 Å². The molecule has 0 atom stereocenters. The van der Waals surface area contributed by atoms with Crippen LogP contribution < -0.4 is 0 Å². The number of rotatable bonds is 0. The third-order valence-corrected chi connectivity index (χ3v) is 0. The fourth-order valence-corrected chi connectivity index (χ4v) is 0. The molecule has 0 saturated carbocycles. The van der Waals surface area contributed by atoms with Gasteiger partial charge < -0.3 is 0 Å². The first kappa shape index (κ1) is 17.6. The van der Waals surface area contributed by atoms with Crippen molar-refractivity contribution in [3.63, 3.8) is 0 Å². The van der Waals surface area contributed by atoms with Crippen molar-refractivity contribution in [2.24, 2.45) is 0 Å². The van der Waals surface area contributed by atoms with Gasteiger partial charge in [-0.25, -0.2) is 0 Å². The molecule has 0 unspecified atom stereocenters. The first-order chi connectivity index (χ1) is 1.00. The average Bonchev–Trinajstić information content (AvgIpc) is 1.00. The standard InChI is InChI=1S/Al.Ga.O.Zn.4H. The maximum Gasteiger partial charge on any atom is 0 e. The molecule has 0 aromatic carbocycles. The molecular formula is H4AlGaOZn. The van der Waals surface area contributed by atoms with Crippen molar-refractivity contribution in [1.29, 1.82) is 0 Å². The maximum absolute atomic E-state index is 8.38. The van der Waals surface area contributed by atoms with Crippen molar-refractivity contribution >= 4 is 35.9 Å². The van der Waals surface area contributed by atoms with E-state index < -0.39 is 0 Å². The van der Waals surface area contributed by atoms with Gasteiger partial charge >= 0.3 is 22.1 Å². The van der Waals surface area contributed by atoms with Crippen LogP contribution in [0.2, 0.25) is 0 Å². The van der Waals surface area contributed by atoms with E-state index in [1.165, 1.54) is 0 Å². The molecule has 0 aromatic rings. The molecule has 0 spiro atoms. The van der Waals surface area contributed by atoms with Gasteiger partial charge in [-0.1, -0.05) is 0 Å². The summed E-state index contributed by atoms with van der Waals surface area (Å²) < 4.78 is 8.38. The zero-order chi connectivity index (χ0) is 2.00. The van der Waals surface area contributed by atoms with Gasteiger partial charge in [0.2, 0.25) is 0 Å². The summed E-state index contributed by atoms with van der Waals surface area (Å²) in [5.74, 6) is 0. The van der Waals surface area contributed by atoms with Crippen LogP contribution in [0.4, 0.5) is 0 Å². The van der Waals surface area contributed by atoms with Gasteiger partial charge in [0.05, 0.1) is 0 Å². The fourth-order valence-electron chi connectivity index (χ4n) is 0. The zero-order valence-corrected chi connectivity index (χ0v) is 7.76. The zero-order valence-electron chi connectivity index (χ0n) is 1.82. The molecule has 4 heteroatoms. The Morgan fingerprint density at radius 1 is 1.25 bits per heavy atom. The quantitative estimate of drug-likeness (QED) is 0.398. The van der Waals surface area contributed by atoms with E-state index in [2.05, 4.69) is 0 Å². The molecule has 0 aliphatic heterocycles. The Balaban J connectivity index is -0.00000000500. The van der Waals surface area contributed by atoms with Crippen LogP contribution in [0.15, 0.2) is 0 Å². The molecular weight excluding hydrogens is 178 g/mol. The Morgan fingerprint density at radius 2 is 1.25 bits per heavy atom. The summed E-state index contributed by atoms with van der Waals surface area (Å²) in [6.07, 6.45) is 0. The fraction of sp³-hybridized carbons (Fsp3) is 0. The SMILES string of the molecule is [AlH3].[O]=[GaH].[Zn]. The minimum Gasteiger partial charge on any atom is 0 e. The summed E-state index contributed by atoms with van der Waals surface area (Å²) in [6.45, 7) is 0. The van der Waals surface area contributed by atoms with Crippen molar-refractivity contribution < 1.29 is 23.0 Å². The van der Waals surface area contributed by atoms with E-state index in [1.54, 1.807) is 0 Å². The summed E-state index contributed by atoms with van der Waals surface area (Å²) in [6, 6.07) is 0. The van der Waals surface area contributed by atoms with Crippen LogP contribution >= 0.6 is 0 Å². The van der Waals surface area contributed by atoms with Gasteiger partial charge in [0.15, 0.2) is 17.4 Å². The van der Waals surface area contributed by atoms with Crippen molar-refractivity contribution in [3.05, 3.63) is 0 Å². The minimum atomic E-state index is 0. The first-order valence-electron chi connectivity index (χ1n) is 0.289. The molecule has 0 rings (SSSR count). The molecule has 0 radical (unpaired) electrons.